The zero-order valence-corrected chi connectivity index (χ0v) is 11.3. The fraction of sp³-hybridized carbons (Fsp3) is 0.188. The molecule has 0 aliphatic heterocycles. The van der Waals surface area contributed by atoms with Crippen LogP contribution < -0.4 is 10.1 Å². The van der Waals surface area contributed by atoms with Gasteiger partial charge in [0, 0.05) is 12.1 Å². The summed E-state index contributed by atoms with van der Waals surface area (Å²) in [5.74, 6) is 0.916. The molecule has 0 aliphatic rings. The molecule has 0 aliphatic carbocycles. The second-order valence-electron chi connectivity index (χ2n) is 4.45. The largest absolute Gasteiger partial charge is 0.508 e. The van der Waals surface area contributed by atoms with Gasteiger partial charge >= 0.3 is 0 Å². The van der Waals surface area contributed by atoms with Gasteiger partial charge in [0.15, 0.2) is 0 Å². The van der Waals surface area contributed by atoms with Gasteiger partial charge in [-0.2, -0.15) is 0 Å². The van der Waals surface area contributed by atoms with E-state index in [1.165, 1.54) is 0 Å². The molecule has 0 bridgehead atoms. The predicted octanol–water partition coefficient (Wildman–Crippen LogP) is 2.97. The van der Waals surface area contributed by atoms with Gasteiger partial charge in [0.1, 0.15) is 11.5 Å². The lowest BCUT2D eigenvalue weighted by Crippen LogP contribution is -2.12. The predicted molar refractivity (Wildman–Crippen MR) is 78.1 cm³/mol. The van der Waals surface area contributed by atoms with E-state index in [1.54, 1.807) is 49.6 Å². The Hall–Kier alpha value is -2.49. The van der Waals surface area contributed by atoms with E-state index in [1.807, 2.05) is 6.07 Å². The first-order chi connectivity index (χ1) is 9.67. The highest BCUT2D eigenvalue weighted by Gasteiger charge is 2.04. The number of phenols is 1. The minimum atomic E-state index is -0.0569. The van der Waals surface area contributed by atoms with E-state index in [9.17, 15) is 9.90 Å². The van der Waals surface area contributed by atoms with Crippen LogP contribution in [0.5, 0.6) is 11.5 Å². The number of hydrogen-bond donors (Lipinski definition) is 2. The third-order valence-electron chi connectivity index (χ3n) is 2.93. The molecule has 0 radical (unpaired) electrons. The number of phenolic OH excluding ortho intramolecular Hbond substituents is 1. The molecule has 104 valence electrons. The molecule has 2 aromatic carbocycles. The summed E-state index contributed by atoms with van der Waals surface area (Å²) in [6.45, 7) is 0. The Morgan fingerprint density at radius 1 is 1.20 bits per heavy atom. The zero-order valence-electron chi connectivity index (χ0n) is 11.3. The number of rotatable bonds is 5. The first-order valence-electron chi connectivity index (χ1n) is 6.39. The average Bonchev–Trinajstić information content (AvgIpc) is 2.46. The van der Waals surface area contributed by atoms with Crippen LogP contribution in [0.15, 0.2) is 48.5 Å². The van der Waals surface area contributed by atoms with Gasteiger partial charge in [0.2, 0.25) is 5.91 Å². The lowest BCUT2D eigenvalue weighted by molar-refractivity contribution is -0.116. The fourth-order valence-electron chi connectivity index (χ4n) is 1.87. The van der Waals surface area contributed by atoms with Gasteiger partial charge in [0.25, 0.3) is 0 Å². The number of benzene rings is 2. The average molecular weight is 271 g/mol. The Morgan fingerprint density at radius 2 is 1.95 bits per heavy atom. The number of ether oxygens (including phenoxy) is 1. The molecule has 0 spiro atoms. The van der Waals surface area contributed by atoms with Crippen molar-refractivity contribution in [2.75, 3.05) is 12.4 Å². The molecular formula is C16H17NO3. The minimum Gasteiger partial charge on any atom is -0.508 e. The Bertz CT molecular complexity index is 579. The normalized spacial score (nSPS) is 10.1. The van der Waals surface area contributed by atoms with Gasteiger partial charge in [-0.05, 0) is 48.4 Å². The van der Waals surface area contributed by atoms with Crippen LogP contribution in [0.1, 0.15) is 12.0 Å². The Labute approximate surface area is 118 Å². The molecular weight excluding hydrogens is 254 g/mol. The number of methoxy groups -OCH3 is 1. The molecule has 0 fully saturated rings. The highest BCUT2D eigenvalue weighted by molar-refractivity contribution is 5.90. The third kappa shape index (κ3) is 4.02. The van der Waals surface area contributed by atoms with Gasteiger partial charge < -0.3 is 15.2 Å². The van der Waals surface area contributed by atoms with Gasteiger partial charge in [-0.3, -0.25) is 4.79 Å². The first-order valence-corrected chi connectivity index (χ1v) is 6.39. The van der Waals surface area contributed by atoms with Crippen LogP contribution in [0.2, 0.25) is 0 Å². The van der Waals surface area contributed by atoms with Crippen molar-refractivity contribution in [1.29, 1.82) is 0 Å². The summed E-state index contributed by atoms with van der Waals surface area (Å²) < 4.78 is 5.05. The first kappa shape index (κ1) is 13.9. The molecule has 2 N–H and O–H groups in total. The number of aryl methyl sites for hydroxylation is 1. The van der Waals surface area contributed by atoms with Crippen molar-refractivity contribution >= 4 is 11.6 Å². The molecule has 4 heteroatoms. The van der Waals surface area contributed by atoms with Crippen LogP contribution in [0.3, 0.4) is 0 Å². The molecule has 0 aromatic heterocycles. The van der Waals surface area contributed by atoms with Crippen molar-refractivity contribution in [3.63, 3.8) is 0 Å². The minimum absolute atomic E-state index is 0.0569. The van der Waals surface area contributed by atoms with E-state index >= 15 is 0 Å². The van der Waals surface area contributed by atoms with Gasteiger partial charge in [-0.1, -0.05) is 12.1 Å². The number of aromatic hydroxyl groups is 1. The molecule has 20 heavy (non-hydrogen) atoms. The van der Waals surface area contributed by atoms with Gasteiger partial charge in [0.05, 0.1) is 7.11 Å². The van der Waals surface area contributed by atoms with Gasteiger partial charge in [-0.15, -0.1) is 0 Å². The number of hydrogen-bond acceptors (Lipinski definition) is 3. The molecule has 0 atom stereocenters. The van der Waals surface area contributed by atoms with E-state index in [2.05, 4.69) is 5.32 Å². The number of amides is 1. The topological polar surface area (TPSA) is 58.6 Å². The monoisotopic (exact) mass is 271 g/mol. The van der Waals surface area contributed by atoms with E-state index in [0.717, 1.165) is 17.0 Å². The van der Waals surface area contributed by atoms with Crippen molar-refractivity contribution in [1.82, 2.24) is 0 Å². The maximum atomic E-state index is 11.8. The maximum Gasteiger partial charge on any atom is 0.224 e. The number of carbonyl (C=O) groups is 1. The third-order valence-corrected chi connectivity index (χ3v) is 2.93. The Balaban J connectivity index is 1.85. The molecule has 4 nitrogen and oxygen atoms in total. The highest BCUT2D eigenvalue weighted by Crippen LogP contribution is 2.16. The summed E-state index contributed by atoms with van der Waals surface area (Å²) in [6.07, 6.45) is 0.964. The van der Waals surface area contributed by atoms with Crippen molar-refractivity contribution in [3.8, 4) is 11.5 Å². The SMILES string of the molecule is COc1ccc(NC(=O)CCc2cccc(O)c2)cc1. The van der Waals surface area contributed by atoms with Crippen LogP contribution in [0.25, 0.3) is 0 Å². The van der Waals surface area contributed by atoms with Crippen LogP contribution in [0.4, 0.5) is 5.69 Å². The van der Waals surface area contributed by atoms with E-state index in [-0.39, 0.29) is 11.7 Å². The van der Waals surface area contributed by atoms with E-state index in [0.29, 0.717) is 12.8 Å². The summed E-state index contributed by atoms with van der Waals surface area (Å²) in [5, 5.41) is 12.2. The second-order valence-corrected chi connectivity index (χ2v) is 4.45. The van der Waals surface area contributed by atoms with Crippen molar-refractivity contribution in [2.24, 2.45) is 0 Å². The van der Waals surface area contributed by atoms with Crippen molar-refractivity contribution < 1.29 is 14.6 Å². The van der Waals surface area contributed by atoms with Crippen LogP contribution in [0, 0.1) is 0 Å². The molecule has 1 amide bonds. The lowest BCUT2D eigenvalue weighted by atomic mass is 10.1. The number of nitrogens with one attached hydrogen (secondary N) is 1. The summed E-state index contributed by atoms with van der Waals surface area (Å²) in [5.41, 5.74) is 1.68. The Kier molecular flexibility index (Phi) is 4.60. The smallest absolute Gasteiger partial charge is 0.224 e. The summed E-state index contributed by atoms with van der Waals surface area (Å²) >= 11 is 0. The Morgan fingerprint density at radius 3 is 2.60 bits per heavy atom. The number of anilines is 1. The molecule has 0 heterocycles. The van der Waals surface area contributed by atoms with Crippen molar-refractivity contribution in [2.45, 2.75) is 12.8 Å². The second kappa shape index (κ2) is 6.61. The van der Waals surface area contributed by atoms with Gasteiger partial charge in [-0.25, -0.2) is 0 Å². The van der Waals surface area contributed by atoms with Crippen molar-refractivity contribution in [3.05, 3.63) is 54.1 Å². The van der Waals surface area contributed by atoms with Crippen LogP contribution >= 0.6 is 0 Å². The maximum absolute atomic E-state index is 11.8. The van der Waals surface area contributed by atoms with E-state index in [4.69, 9.17) is 4.74 Å². The summed E-state index contributed by atoms with van der Waals surface area (Å²) in [6, 6.07) is 14.1. The molecule has 2 rings (SSSR count). The molecule has 0 saturated heterocycles. The quantitative estimate of drug-likeness (QED) is 0.879. The standard InChI is InChI=1S/C16H17NO3/c1-20-15-8-6-13(7-9-15)17-16(19)10-5-12-3-2-4-14(18)11-12/h2-4,6-9,11,18H,5,10H2,1H3,(H,17,19). The number of carbonyl (C=O) groups excluding carboxylic acids is 1. The van der Waals surface area contributed by atoms with Crippen LogP contribution in [-0.2, 0) is 11.2 Å². The zero-order chi connectivity index (χ0) is 14.4. The highest BCUT2D eigenvalue weighted by atomic mass is 16.5. The fourth-order valence-corrected chi connectivity index (χ4v) is 1.87. The van der Waals surface area contributed by atoms with Crippen LogP contribution in [-0.4, -0.2) is 18.1 Å². The molecule has 2 aromatic rings. The summed E-state index contributed by atoms with van der Waals surface area (Å²) in [7, 11) is 1.60. The molecule has 0 unspecified atom stereocenters. The molecule has 0 saturated carbocycles. The summed E-state index contributed by atoms with van der Waals surface area (Å²) in [4.78, 5) is 11.8. The lowest BCUT2D eigenvalue weighted by Gasteiger charge is -2.06. The van der Waals surface area contributed by atoms with E-state index < -0.39 is 0 Å².